The van der Waals surface area contributed by atoms with Gasteiger partial charge in [-0.15, -0.1) is 0 Å². The highest BCUT2D eigenvalue weighted by Crippen LogP contribution is 2.06. The number of hydrogen-bond donors (Lipinski definition) is 2. The lowest BCUT2D eigenvalue weighted by Gasteiger charge is -2.26. The van der Waals surface area contributed by atoms with Crippen molar-refractivity contribution in [1.82, 2.24) is 10.4 Å². The van der Waals surface area contributed by atoms with Gasteiger partial charge in [0.15, 0.2) is 0 Å². The molecule has 0 aromatic heterocycles. The Kier molecular flexibility index (Phi) is 4.94. The second-order valence-corrected chi connectivity index (χ2v) is 4.36. The second kappa shape index (κ2) is 6.71. The minimum absolute atomic E-state index is 0.504. The van der Waals surface area contributed by atoms with Gasteiger partial charge in [-0.05, 0) is 17.5 Å². The van der Waals surface area contributed by atoms with Crippen molar-refractivity contribution in [3.63, 3.8) is 0 Å². The van der Waals surface area contributed by atoms with E-state index >= 15 is 0 Å². The molecule has 1 fully saturated rings. The van der Waals surface area contributed by atoms with Crippen molar-refractivity contribution in [3.05, 3.63) is 35.4 Å². The minimum atomic E-state index is 0.504. The summed E-state index contributed by atoms with van der Waals surface area (Å²) in [5.74, 6) is 0. The van der Waals surface area contributed by atoms with E-state index in [0.717, 1.165) is 44.8 Å². The maximum Gasteiger partial charge on any atom is 0.0594 e. The standard InChI is InChI=1S/C13H20N2O2/c16-14-11-13-3-1-12(2-4-13)5-6-15-7-9-17-10-8-15/h1-4,14,16H,5-11H2. The van der Waals surface area contributed by atoms with Gasteiger partial charge in [-0.3, -0.25) is 4.90 Å². The average molecular weight is 236 g/mol. The first-order chi connectivity index (χ1) is 8.38. The molecule has 94 valence electrons. The predicted molar refractivity (Wildman–Crippen MR) is 66.0 cm³/mol. The van der Waals surface area contributed by atoms with Gasteiger partial charge in [0, 0.05) is 26.2 Å². The molecule has 0 spiro atoms. The Morgan fingerprint density at radius 2 is 1.76 bits per heavy atom. The summed E-state index contributed by atoms with van der Waals surface area (Å²) in [7, 11) is 0. The molecule has 1 aromatic rings. The zero-order valence-electron chi connectivity index (χ0n) is 10.1. The molecule has 0 amide bonds. The summed E-state index contributed by atoms with van der Waals surface area (Å²) in [6, 6.07) is 8.37. The van der Waals surface area contributed by atoms with E-state index in [-0.39, 0.29) is 0 Å². The van der Waals surface area contributed by atoms with E-state index in [1.54, 1.807) is 0 Å². The third-order valence-electron chi connectivity index (χ3n) is 3.13. The number of nitrogens with zero attached hydrogens (tertiary/aromatic N) is 1. The zero-order chi connectivity index (χ0) is 11.9. The minimum Gasteiger partial charge on any atom is -0.379 e. The van der Waals surface area contributed by atoms with Gasteiger partial charge in [-0.2, -0.15) is 0 Å². The van der Waals surface area contributed by atoms with Crippen molar-refractivity contribution >= 4 is 0 Å². The van der Waals surface area contributed by atoms with E-state index < -0.39 is 0 Å². The molecular formula is C13H20N2O2. The molecule has 4 heteroatoms. The van der Waals surface area contributed by atoms with E-state index in [1.165, 1.54) is 5.56 Å². The van der Waals surface area contributed by atoms with Crippen molar-refractivity contribution in [2.24, 2.45) is 0 Å². The smallest absolute Gasteiger partial charge is 0.0594 e. The molecule has 4 nitrogen and oxygen atoms in total. The van der Waals surface area contributed by atoms with Crippen molar-refractivity contribution in [1.29, 1.82) is 0 Å². The van der Waals surface area contributed by atoms with E-state index in [0.29, 0.717) is 6.54 Å². The molecule has 2 N–H and O–H groups in total. The van der Waals surface area contributed by atoms with Crippen LogP contribution in [-0.2, 0) is 17.7 Å². The Hall–Kier alpha value is -0.940. The van der Waals surface area contributed by atoms with Crippen molar-refractivity contribution in [3.8, 4) is 0 Å². The van der Waals surface area contributed by atoms with Crippen LogP contribution in [0.2, 0.25) is 0 Å². The fourth-order valence-electron chi connectivity index (χ4n) is 2.03. The lowest BCUT2D eigenvalue weighted by Crippen LogP contribution is -2.37. The second-order valence-electron chi connectivity index (χ2n) is 4.36. The number of rotatable bonds is 5. The van der Waals surface area contributed by atoms with Gasteiger partial charge in [-0.25, -0.2) is 5.48 Å². The van der Waals surface area contributed by atoms with Gasteiger partial charge in [0.25, 0.3) is 0 Å². The summed E-state index contributed by atoms with van der Waals surface area (Å²) in [4.78, 5) is 2.44. The first-order valence-electron chi connectivity index (χ1n) is 6.13. The Labute approximate surface area is 102 Å². The van der Waals surface area contributed by atoms with E-state index in [2.05, 4.69) is 34.6 Å². The monoisotopic (exact) mass is 236 g/mol. The topological polar surface area (TPSA) is 44.7 Å². The maximum atomic E-state index is 8.59. The third-order valence-corrected chi connectivity index (χ3v) is 3.13. The molecule has 0 aliphatic carbocycles. The van der Waals surface area contributed by atoms with Gasteiger partial charge >= 0.3 is 0 Å². The summed E-state index contributed by atoms with van der Waals surface area (Å²) in [5, 5.41) is 8.59. The molecule has 1 aliphatic rings. The Balaban J connectivity index is 1.77. The number of hydroxylamine groups is 1. The van der Waals surface area contributed by atoms with Crippen LogP contribution in [0.15, 0.2) is 24.3 Å². The van der Waals surface area contributed by atoms with Crippen molar-refractivity contribution in [2.75, 3.05) is 32.8 Å². The van der Waals surface area contributed by atoms with Crippen LogP contribution in [0.3, 0.4) is 0 Å². The van der Waals surface area contributed by atoms with Crippen LogP contribution >= 0.6 is 0 Å². The summed E-state index contributed by atoms with van der Waals surface area (Å²) in [5.41, 5.74) is 4.61. The number of nitrogens with one attached hydrogen (secondary N) is 1. The SMILES string of the molecule is ONCc1ccc(CCN2CCOCC2)cc1. The fourth-order valence-corrected chi connectivity index (χ4v) is 2.03. The Morgan fingerprint density at radius 3 is 2.41 bits per heavy atom. The Morgan fingerprint density at radius 1 is 1.12 bits per heavy atom. The van der Waals surface area contributed by atoms with Gasteiger partial charge in [0.1, 0.15) is 0 Å². The lowest BCUT2D eigenvalue weighted by atomic mass is 10.1. The van der Waals surface area contributed by atoms with E-state index in [9.17, 15) is 0 Å². The summed E-state index contributed by atoms with van der Waals surface area (Å²) >= 11 is 0. The zero-order valence-corrected chi connectivity index (χ0v) is 10.1. The summed E-state index contributed by atoms with van der Waals surface area (Å²) in [6.07, 6.45) is 1.08. The average Bonchev–Trinajstić information content (AvgIpc) is 2.40. The number of morpholine rings is 1. The molecule has 2 rings (SSSR count). The quantitative estimate of drug-likeness (QED) is 0.750. The third kappa shape index (κ3) is 4.09. The molecule has 0 bridgehead atoms. The van der Waals surface area contributed by atoms with Gasteiger partial charge in [-0.1, -0.05) is 24.3 Å². The van der Waals surface area contributed by atoms with Crippen LogP contribution in [0.1, 0.15) is 11.1 Å². The Bertz CT molecular complexity index is 321. The highest BCUT2D eigenvalue weighted by molar-refractivity contribution is 5.22. The lowest BCUT2D eigenvalue weighted by molar-refractivity contribution is 0.0384. The molecule has 1 saturated heterocycles. The number of ether oxygens (including phenoxy) is 1. The highest BCUT2D eigenvalue weighted by Gasteiger charge is 2.09. The molecule has 1 heterocycles. The van der Waals surface area contributed by atoms with Crippen molar-refractivity contribution in [2.45, 2.75) is 13.0 Å². The van der Waals surface area contributed by atoms with Crippen LogP contribution in [0.5, 0.6) is 0 Å². The van der Waals surface area contributed by atoms with E-state index in [1.807, 2.05) is 0 Å². The van der Waals surface area contributed by atoms with Crippen molar-refractivity contribution < 1.29 is 9.94 Å². The number of benzene rings is 1. The molecule has 17 heavy (non-hydrogen) atoms. The first kappa shape index (κ1) is 12.5. The number of hydrogen-bond acceptors (Lipinski definition) is 4. The molecule has 0 saturated carbocycles. The molecule has 0 unspecified atom stereocenters. The normalized spacial score (nSPS) is 17.2. The van der Waals surface area contributed by atoms with Gasteiger partial charge in [0.05, 0.1) is 13.2 Å². The molecule has 1 aromatic carbocycles. The molecule has 0 atom stereocenters. The summed E-state index contributed by atoms with van der Waals surface area (Å²) in [6.45, 7) is 5.42. The first-order valence-corrected chi connectivity index (χ1v) is 6.13. The fraction of sp³-hybridized carbons (Fsp3) is 0.538. The van der Waals surface area contributed by atoms with Crippen LogP contribution < -0.4 is 5.48 Å². The van der Waals surface area contributed by atoms with Crippen LogP contribution in [-0.4, -0.2) is 43.0 Å². The largest absolute Gasteiger partial charge is 0.379 e. The highest BCUT2D eigenvalue weighted by atomic mass is 16.5. The van der Waals surface area contributed by atoms with E-state index in [4.69, 9.17) is 9.94 Å². The van der Waals surface area contributed by atoms with Crippen LogP contribution in [0, 0.1) is 0 Å². The van der Waals surface area contributed by atoms with Crippen LogP contribution in [0.4, 0.5) is 0 Å². The maximum absolute atomic E-state index is 8.59. The molecule has 1 aliphatic heterocycles. The predicted octanol–water partition coefficient (Wildman–Crippen LogP) is 1.04. The molecule has 0 radical (unpaired) electrons. The van der Waals surface area contributed by atoms with Crippen LogP contribution in [0.25, 0.3) is 0 Å². The summed E-state index contributed by atoms with van der Waals surface area (Å²) < 4.78 is 5.32. The van der Waals surface area contributed by atoms with Gasteiger partial charge in [0.2, 0.25) is 0 Å². The molecular weight excluding hydrogens is 216 g/mol. The van der Waals surface area contributed by atoms with Gasteiger partial charge < -0.3 is 9.94 Å².